The van der Waals surface area contributed by atoms with Gasteiger partial charge in [-0.1, -0.05) is 40.7 Å². The van der Waals surface area contributed by atoms with Crippen molar-refractivity contribution in [1.82, 2.24) is 25.1 Å². The Kier molecular flexibility index (Phi) is 6.59. The van der Waals surface area contributed by atoms with Crippen molar-refractivity contribution in [2.75, 3.05) is 7.11 Å². The van der Waals surface area contributed by atoms with Crippen LogP contribution in [0.25, 0.3) is 10.9 Å². The fraction of sp³-hybridized carbons (Fsp3) is 0.276. The van der Waals surface area contributed by atoms with Crippen LogP contribution in [0.1, 0.15) is 57.5 Å². The Bertz CT molecular complexity index is 1750. The highest BCUT2D eigenvalue weighted by atomic mass is 19.3. The average Bonchev–Trinajstić information content (AvgIpc) is 3.52. The number of hydrogen-bond acceptors (Lipinski definition) is 8. The normalized spacial score (nSPS) is 13.3. The molecule has 0 aliphatic carbocycles. The summed E-state index contributed by atoms with van der Waals surface area (Å²) in [5.41, 5.74) is 1.80. The molecule has 0 amide bonds. The van der Waals surface area contributed by atoms with Gasteiger partial charge in [0.1, 0.15) is 11.8 Å². The largest absolute Gasteiger partial charge is 0.481 e. The molecule has 1 atom stereocenters. The number of hydrogen-bond donors (Lipinski definition) is 1. The van der Waals surface area contributed by atoms with Crippen LogP contribution in [-0.2, 0) is 25.0 Å². The third-order valence-corrected chi connectivity index (χ3v) is 7.09. The van der Waals surface area contributed by atoms with E-state index in [1.807, 2.05) is 0 Å². The fourth-order valence-electron chi connectivity index (χ4n) is 5.12. The molecule has 2 aromatic carbocycles. The highest BCUT2D eigenvalue weighted by Gasteiger charge is 2.42. The summed E-state index contributed by atoms with van der Waals surface area (Å²) in [7, 11) is 3.12. The van der Waals surface area contributed by atoms with Gasteiger partial charge in [-0.15, -0.1) is 5.10 Å². The van der Waals surface area contributed by atoms with Crippen molar-refractivity contribution in [3.63, 3.8) is 0 Å². The first-order valence-corrected chi connectivity index (χ1v) is 12.4. The van der Waals surface area contributed by atoms with E-state index in [0.29, 0.717) is 50.3 Å². The summed E-state index contributed by atoms with van der Waals surface area (Å²) < 4.78 is 39.8. The number of fused-ring (bicyclic) bond motifs is 1. The maximum Gasteiger partial charge on any atom is 0.270 e. The number of halogens is 2. The predicted molar refractivity (Wildman–Crippen MR) is 141 cm³/mol. The van der Waals surface area contributed by atoms with Gasteiger partial charge in [0.25, 0.3) is 5.92 Å². The topological polar surface area (TPSA) is 123 Å². The Morgan fingerprint density at radius 3 is 2.38 bits per heavy atom. The van der Waals surface area contributed by atoms with Crippen LogP contribution in [0.4, 0.5) is 8.78 Å². The zero-order chi connectivity index (χ0) is 28.8. The van der Waals surface area contributed by atoms with E-state index in [1.54, 1.807) is 51.2 Å². The lowest BCUT2D eigenvalue weighted by molar-refractivity contribution is 0.0174. The van der Waals surface area contributed by atoms with Crippen molar-refractivity contribution in [2.45, 2.75) is 38.7 Å². The monoisotopic (exact) mass is 544 g/mol. The Balaban J connectivity index is 1.72. The summed E-state index contributed by atoms with van der Waals surface area (Å²) in [4.78, 5) is 4.62. The number of benzene rings is 2. The molecule has 204 valence electrons. The number of rotatable bonds is 7. The first-order chi connectivity index (χ1) is 19.0. The molecule has 0 bridgehead atoms. The number of pyridine rings is 1. The van der Waals surface area contributed by atoms with E-state index in [1.165, 1.54) is 30.1 Å². The molecule has 9 nitrogen and oxygen atoms in total. The molecule has 3 aromatic heterocycles. The van der Waals surface area contributed by atoms with Gasteiger partial charge in [0.05, 0.1) is 41.3 Å². The van der Waals surface area contributed by atoms with Gasteiger partial charge in [0, 0.05) is 36.9 Å². The van der Waals surface area contributed by atoms with Gasteiger partial charge < -0.3 is 14.4 Å². The van der Waals surface area contributed by atoms with E-state index in [0.717, 1.165) is 6.92 Å². The van der Waals surface area contributed by atoms with E-state index >= 15 is 0 Å². The molecule has 0 saturated carbocycles. The molecule has 0 saturated heterocycles. The third kappa shape index (κ3) is 4.36. The van der Waals surface area contributed by atoms with Crippen LogP contribution >= 0.6 is 0 Å². The minimum absolute atomic E-state index is 0.103. The van der Waals surface area contributed by atoms with Crippen LogP contribution < -0.4 is 4.74 Å². The molecule has 0 aliphatic heterocycles. The maximum absolute atomic E-state index is 13.7. The van der Waals surface area contributed by atoms with E-state index in [4.69, 9.17) is 9.26 Å². The summed E-state index contributed by atoms with van der Waals surface area (Å²) in [5.74, 6) is -2.30. The minimum atomic E-state index is -2.96. The third-order valence-electron chi connectivity index (χ3n) is 7.09. The van der Waals surface area contributed by atoms with E-state index in [-0.39, 0.29) is 23.4 Å². The van der Waals surface area contributed by atoms with Gasteiger partial charge in [0.2, 0.25) is 5.88 Å². The molecule has 5 aromatic rings. The Labute approximate surface area is 228 Å². The highest BCUT2D eigenvalue weighted by Crippen LogP contribution is 2.41. The zero-order valence-electron chi connectivity index (χ0n) is 22.5. The summed E-state index contributed by atoms with van der Waals surface area (Å²) in [6.07, 6.45) is 1.68. The number of alkyl halides is 2. The maximum atomic E-state index is 13.7. The molecule has 0 spiro atoms. The predicted octanol–water partition coefficient (Wildman–Crippen LogP) is 4.84. The number of ether oxygens (including phenoxy) is 1. The summed E-state index contributed by atoms with van der Waals surface area (Å²) >= 11 is 0. The van der Waals surface area contributed by atoms with Gasteiger partial charge in [-0.2, -0.15) is 5.26 Å². The molecular formula is C29H26F2N6O3. The van der Waals surface area contributed by atoms with Crippen LogP contribution in [0, 0.1) is 25.2 Å². The van der Waals surface area contributed by atoms with Crippen molar-refractivity contribution in [3.8, 4) is 11.9 Å². The van der Waals surface area contributed by atoms with Crippen molar-refractivity contribution in [2.24, 2.45) is 7.05 Å². The van der Waals surface area contributed by atoms with Gasteiger partial charge in [-0.3, -0.25) is 0 Å². The van der Waals surface area contributed by atoms with Gasteiger partial charge >= 0.3 is 0 Å². The lowest BCUT2D eigenvalue weighted by Crippen LogP contribution is -2.32. The standard InChI is InChI=1S/C29H26F2N6O3/c1-16-26(17(2)40-35-16)29(38,25-15-33-36-37(25)4)20-10-11-24-21(13-20)23(14-32)22(27(34-24)39-5)12-18-6-8-19(9-7-18)28(3,30)31/h6-11,13,15,38H,12H2,1-5H3. The van der Waals surface area contributed by atoms with Crippen molar-refractivity contribution < 1.29 is 23.1 Å². The average molecular weight is 545 g/mol. The Morgan fingerprint density at radius 2 is 1.82 bits per heavy atom. The first-order valence-electron chi connectivity index (χ1n) is 12.4. The number of aliphatic hydroxyl groups is 1. The smallest absolute Gasteiger partial charge is 0.270 e. The first kappa shape index (κ1) is 26.9. The van der Waals surface area contributed by atoms with Gasteiger partial charge in [0.15, 0.2) is 5.60 Å². The quantitative estimate of drug-likeness (QED) is 0.309. The van der Waals surface area contributed by atoms with Crippen LogP contribution in [0.15, 0.2) is 53.2 Å². The number of aryl methyl sites for hydroxylation is 3. The molecule has 3 heterocycles. The highest BCUT2D eigenvalue weighted by molar-refractivity contribution is 5.88. The van der Waals surface area contributed by atoms with E-state index in [2.05, 4.69) is 26.5 Å². The summed E-state index contributed by atoms with van der Waals surface area (Å²) in [6.45, 7) is 4.28. The Hall–Kier alpha value is -4.69. The number of methoxy groups -OCH3 is 1. The van der Waals surface area contributed by atoms with E-state index < -0.39 is 11.5 Å². The lowest BCUT2D eigenvalue weighted by atomic mass is 9.81. The molecule has 5 rings (SSSR count). The van der Waals surface area contributed by atoms with E-state index in [9.17, 15) is 19.1 Å². The lowest BCUT2D eigenvalue weighted by Gasteiger charge is -2.29. The fourth-order valence-corrected chi connectivity index (χ4v) is 5.12. The summed E-state index contributed by atoms with van der Waals surface area (Å²) in [5, 5.41) is 35.2. The SMILES string of the molecule is COc1nc2ccc(C(O)(c3c(C)noc3C)c3cnnn3C)cc2c(C#N)c1Cc1ccc(C(C)(F)F)cc1. The van der Waals surface area contributed by atoms with Crippen LogP contribution in [0.3, 0.4) is 0 Å². The van der Waals surface area contributed by atoms with Crippen molar-refractivity contribution in [3.05, 3.63) is 99.2 Å². The summed E-state index contributed by atoms with van der Waals surface area (Å²) in [6, 6.07) is 13.3. The van der Waals surface area contributed by atoms with Gasteiger partial charge in [-0.05, 0) is 37.1 Å². The molecular weight excluding hydrogens is 518 g/mol. The molecule has 11 heteroatoms. The molecule has 0 aliphatic rings. The number of nitriles is 1. The zero-order valence-corrected chi connectivity index (χ0v) is 22.5. The van der Waals surface area contributed by atoms with Crippen LogP contribution in [0.2, 0.25) is 0 Å². The second-order valence-corrected chi connectivity index (χ2v) is 9.73. The molecule has 40 heavy (non-hydrogen) atoms. The van der Waals surface area contributed by atoms with Crippen LogP contribution in [-0.4, -0.2) is 37.4 Å². The second-order valence-electron chi connectivity index (χ2n) is 9.73. The number of nitrogens with zero attached hydrogens (tertiary/aromatic N) is 6. The Morgan fingerprint density at radius 1 is 1.12 bits per heavy atom. The van der Waals surface area contributed by atoms with Crippen molar-refractivity contribution >= 4 is 10.9 Å². The van der Waals surface area contributed by atoms with Crippen molar-refractivity contribution in [1.29, 1.82) is 5.26 Å². The minimum Gasteiger partial charge on any atom is -0.481 e. The van der Waals surface area contributed by atoms with Gasteiger partial charge in [-0.25, -0.2) is 18.4 Å². The molecule has 1 N–H and O–H groups in total. The molecule has 0 fully saturated rings. The molecule has 1 unspecified atom stereocenters. The second kappa shape index (κ2) is 9.81. The van der Waals surface area contributed by atoms with Crippen LogP contribution in [0.5, 0.6) is 5.88 Å². The molecule has 0 radical (unpaired) electrons. The number of aromatic nitrogens is 5.